The summed E-state index contributed by atoms with van der Waals surface area (Å²) in [5.41, 5.74) is 1.99. The molecule has 1 aliphatic heterocycles. The highest BCUT2D eigenvalue weighted by Gasteiger charge is 2.21. The molecule has 1 aliphatic rings. The maximum absolute atomic E-state index is 6.05. The minimum absolute atomic E-state index is 0.0358. The summed E-state index contributed by atoms with van der Waals surface area (Å²) in [6.45, 7) is 19.0. The van der Waals surface area contributed by atoms with Gasteiger partial charge < -0.3 is 15.1 Å². The van der Waals surface area contributed by atoms with Crippen LogP contribution in [-0.2, 0) is 0 Å². The molecule has 0 bridgehead atoms. The number of halogens is 1. The largest absolute Gasteiger partial charge is 0.366 e. The molecule has 1 aromatic heterocycles. The molecular formula is C22H34ClN7. The summed E-state index contributed by atoms with van der Waals surface area (Å²) in [4.78, 5) is 14.3. The van der Waals surface area contributed by atoms with Crippen molar-refractivity contribution in [3.63, 3.8) is 0 Å². The van der Waals surface area contributed by atoms with E-state index in [2.05, 4.69) is 40.4 Å². The third kappa shape index (κ3) is 6.57. The van der Waals surface area contributed by atoms with Gasteiger partial charge in [-0.3, -0.25) is 5.01 Å². The molecule has 1 fully saturated rings. The van der Waals surface area contributed by atoms with Gasteiger partial charge in [0.05, 0.1) is 0 Å². The van der Waals surface area contributed by atoms with Gasteiger partial charge in [0, 0.05) is 57.4 Å². The van der Waals surface area contributed by atoms with Gasteiger partial charge in [0.1, 0.15) is 5.82 Å². The van der Waals surface area contributed by atoms with Crippen LogP contribution in [0.15, 0.2) is 41.6 Å². The van der Waals surface area contributed by atoms with Crippen LogP contribution in [0.4, 0.5) is 17.6 Å². The maximum Gasteiger partial charge on any atom is 0.229 e. The number of likely N-dealkylation sites (N-methyl/N-ethyl adjacent to an activating group) is 1. The van der Waals surface area contributed by atoms with Crippen molar-refractivity contribution < 1.29 is 0 Å². The minimum atomic E-state index is -0.0358. The lowest BCUT2D eigenvalue weighted by Crippen LogP contribution is -2.46. The number of allylic oxidation sites excluding steroid dienone is 3. The van der Waals surface area contributed by atoms with Crippen molar-refractivity contribution >= 4 is 35.9 Å². The molecule has 0 aliphatic carbocycles. The van der Waals surface area contributed by atoms with E-state index in [0.717, 1.165) is 55.5 Å². The van der Waals surface area contributed by atoms with E-state index in [1.807, 2.05) is 39.1 Å². The second kappa shape index (κ2) is 11.7. The molecule has 0 spiro atoms. The summed E-state index contributed by atoms with van der Waals surface area (Å²) in [5, 5.41) is 9.14. The first-order valence-electron chi connectivity index (χ1n) is 10.3. The number of hydrogen-bond donors (Lipinski definition) is 1. The average molecular weight is 432 g/mol. The van der Waals surface area contributed by atoms with Crippen LogP contribution in [0.25, 0.3) is 0 Å². The molecule has 0 radical (unpaired) electrons. The topological polar surface area (TPSA) is 59.9 Å². The predicted octanol–water partition coefficient (Wildman–Crippen LogP) is 3.69. The third-order valence-corrected chi connectivity index (χ3v) is 5.24. The number of hydrogen-bond acceptors (Lipinski definition) is 7. The van der Waals surface area contributed by atoms with Crippen LogP contribution < -0.4 is 15.2 Å². The Labute approximate surface area is 185 Å². The van der Waals surface area contributed by atoms with E-state index < -0.39 is 0 Å². The van der Waals surface area contributed by atoms with Gasteiger partial charge in [0.15, 0.2) is 5.82 Å². The molecule has 7 nitrogen and oxygen atoms in total. The number of aromatic nitrogens is 2. The quantitative estimate of drug-likeness (QED) is 0.264. The van der Waals surface area contributed by atoms with Crippen LogP contribution >= 0.6 is 11.6 Å². The van der Waals surface area contributed by atoms with Gasteiger partial charge in [-0.1, -0.05) is 37.8 Å². The van der Waals surface area contributed by atoms with Gasteiger partial charge in [-0.25, -0.2) is 0 Å². The molecule has 8 heteroatoms. The van der Waals surface area contributed by atoms with Gasteiger partial charge in [-0.05, 0) is 26.0 Å². The van der Waals surface area contributed by atoms with E-state index in [0.29, 0.717) is 12.5 Å². The SMILES string of the molecule is C=C/C=C(\C=C/C(C)Cl)CNc1nc(N2CCN(CC)CC2)nc(N(C)N=C)c1C. The van der Waals surface area contributed by atoms with Gasteiger partial charge >= 0.3 is 0 Å². The second-order valence-electron chi connectivity index (χ2n) is 7.27. The van der Waals surface area contributed by atoms with Gasteiger partial charge in [-0.15, -0.1) is 11.6 Å². The predicted molar refractivity (Wildman–Crippen MR) is 130 cm³/mol. The van der Waals surface area contributed by atoms with E-state index in [-0.39, 0.29) is 5.38 Å². The normalized spacial score (nSPS) is 16.6. The molecule has 30 heavy (non-hydrogen) atoms. The highest BCUT2D eigenvalue weighted by Crippen LogP contribution is 2.27. The fourth-order valence-corrected chi connectivity index (χ4v) is 3.29. The summed E-state index contributed by atoms with van der Waals surface area (Å²) in [6.07, 6.45) is 7.69. The Bertz CT molecular complexity index is 780. The van der Waals surface area contributed by atoms with Crippen molar-refractivity contribution in [2.75, 3.05) is 61.5 Å². The summed E-state index contributed by atoms with van der Waals surface area (Å²) >= 11 is 6.05. The van der Waals surface area contributed by atoms with Crippen LogP contribution in [0.3, 0.4) is 0 Å². The van der Waals surface area contributed by atoms with E-state index >= 15 is 0 Å². The molecule has 2 heterocycles. The van der Waals surface area contributed by atoms with Crippen LogP contribution in [0, 0.1) is 6.92 Å². The van der Waals surface area contributed by atoms with E-state index in [9.17, 15) is 0 Å². The average Bonchev–Trinajstić information content (AvgIpc) is 2.75. The highest BCUT2D eigenvalue weighted by atomic mass is 35.5. The van der Waals surface area contributed by atoms with Crippen LogP contribution in [0.5, 0.6) is 0 Å². The molecule has 0 aromatic carbocycles. The molecule has 1 saturated heterocycles. The fraction of sp³-hybridized carbons (Fsp3) is 0.500. The van der Waals surface area contributed by atoms with E-state index in [4.69, 9.17) is 21.6 Å². The maximum atomic E-state index is 6.05. The van der Waals surface area contributed by atoms with Crippen molar-refractivity contribution in [3.8, 4) is 0 Å². The lowest BCUT2D eigenvalue weighted by Gasteiger charge is -2.34. The van der Waals surface area contributed by atoms with Crippen LogP contribution in [-0.4, -0.2) is 73.3 Å². The lowest BCUT2D eigenvalue weighted by atomic mass is 10.2. The van der Waals surface area contributed by atoms with Crippen molar-refractivity contribution in [1.82, 2.24) is 14.9 Å². The molecule has 0 saturated carbocycles. The Morgan fingerprint density at radius 2 is 2.03 bits per heavy atom. The molecular weight excluding hydrogens is 398 g/mol. The zero-order valence-corrected chi connectivity index (χ0v) is 19.4. The number of anilines is 3. The molecule has 1 unspecified atom stereocenters. The Balaban J connectivity index is 2.29. The molecule has 1 N–H and O–H groups in total. The molecule has 164 valence electrons. The first-order chi connectivity index (χ1) is 14.4. The fourth-order valence-electron chi connectivity index (χ4n) is 3.22. The minimum Gasteiger partial charge on any atom is -0.366 e. The van der Waals surface area contributed by atoms with Crippen molar-refractivity contribution in [2.24, 2.45) is 5.10 Å². The highest BCUT2D eigenvalue weighted by molar-refractivity contribution is 6.21. The van der Waals surface area contributed by atoms with Crippen molar-refractivity contribution in [1.29, 1.82) is 0 Å². The first-order valence-corrected chi connectivity index (χ1v) is 10.8. The first kappa shape index (κ1) is 23.9. The Hall–Kier alpha value is -2.38. The summed E-state index contributed by atoms with van der Waals surface area (Å²) in [7, 11) is 1.85. The number of rotatable bonds is 10. The number of nitrogens with one attached hydrogen (secondary N) is 1. The molecule has 2 rings (SSSR count). The van der Waals surface area contributed by atoms with Gasteiger partial charge in [-0.2, -0.15) is 15.1 Å². The van der Waals surface area contributed by atoms with Gasteiger partial charge in [0.2, 0.25) is 5.95 Å². The Kier molecular flexibility index (Phi) is 9.33. The van der Waals surface area contributed by atoms with Crippen LogP contribution in [0.2, 0.25) is 0 Å². The zero-order valence-electron chi connectivity index (χ0n) is 18.6. The number of piperazine rings is 1. The smallest absolute Gasteiger partial charge is 0.229 e. The lowest BCUT2D eigenvalue weighted by molar-refractivity contribution is 0.270. The van der Waals surface area contributed by atoms with E-state index in [1.165, 1.54) is 0 Å². The molecule has 0 amide bonds. The van der Waals surface area contributed by atoms with Gasteiger partial charge in [0.25, 0.3) is 0 Å². The number of nitrogens with zero attached hydrogens (tertiary/aromatic N) is 6. The van der Waals surface area contributed by atoms with Crippen molar-refractivity contribution in [2.45, 2.75) is 26.1 Å². The van der Waals surface area contributed by atoms with E-state index in [1.54, 1.807) is 11.1 Å². The number of hydrazone groups is 1. The zero-order chi connectivity index (χ0) is 22.1. The standard InChI is InChI=1S/C22H34ClN7/c1-7-9-19(11-10-17(3)23)16-25-20-18(4)21(28(6)24-5)27-22(26-20)30-14-12-29(8-2)13-15-30/h7,9-11,17H,1,5,8,12-16H2,2-4,6H3,(H,25,26,27)/b11-10-,19-9+. The molecule has 1 atom stereocenters. The molecule has 1 aromatic rings. The Morgan fingerprint density at radius 1 is 1.33 bits per heavy atom. The summed E-state index contributed by atoms with van der Waals surface area (Å²) in [5.74, 6) is 2.24. The third-order valence-electron chi connectivity index (χ3n) is 5.10. The van der Waals surface area contributed by atoms with Crippen LogP contribution in [0.1, 0.15) is 19.4 Å². The Morgan fingerprint density at radius 3 is 2.60 bits per heavy atom. The van der Waals surface area contributed by atoms with Crippen molar-refractivity contribution in [3.05, 3.63) is 42.0 Å². The second-order valence-corrected chi connectivity index (χ2v) is 7.96. The number of alkyl halides is 1. The summed E-state index contributed by atoms with van der Waals surface area (Å²) < 4.78 is 0. The summed E-state index contributed by atoms with van der Waals surface area (Å²) in [6, 6.07) is 0. The monoisotopic (exact) mass is 431 g/mol.